The van der Waals surface area contributed by atoms with Gasteiger partial charge in [0.05, 0.1) is 0 Å². The van der Waals surface area contributed by atoms with Crippen molar-refractivity contribution in [1.82, 2.24) is 0 Å². The summed E-state index contributed by atoms with van der Waals surface area (Å²) in [6, 6.07) is 7.85. The number of rotatable bonds is 6. The maximum atomic E-state index is 6.11. The van der Waals surface area contributed by atoms with E-state index in [9.17, 15) is 0 Å². The third-order valence-corrected chi connectivity index (χ3v) is 3.06. The van der Waals surface area contributed by atoms with E-state index in [1.165, 1.54) is 0 Å². The highest BCUT2D eigenvalue weighted by Crippen LogP contribution is 2.27. The average molecular weight is 247 g/mol. The molecule has 0 amide bonds. The second-order valence-electron chi connectivity index (χ2n) is 3.36. The van der Waals surface area contributed by atoms with Crippen LogP contribution in [0.4, 0.5) is 0 Å². The number of hydrogen-bond donors (Lipinski definition) is 0. The Labute approximate surface area is 101 Å². The summed E-state index contributed by atoms with van der Waals surface area (Å²) < 4.78 is 5.33. The lowest BCUT2D eigenvalue weighted by molar-refractivity contribution is 0.141. The number of hydrogen-bond acceptors (Lipinski definition) is 1. The molecule has 0 radical (unpaired) electrons. The van der Waals surface area contributed by atoms with E-state index in [-0.39, 0.29) is 5.92 Å². The summed E-state index contributed by atoms with van der Waals surface area (Å²) >= 11 is 12.0. The van der Waals surface area contributed by atoms with Gasteiger partial charge in [-0.15, -0.1) is 11.6 Å². The van der Waals surface area contributed by atoms with Crippen LogP contribution in [0.3, 0.4) is 0 Å². The van der Waals surface area contributed by atoms with E-state index in [0.29, 0.717) is 5.88 Å². The molecule has 0 aliphatic carbocycles. The fraction of sp³-hybridized carbons (Fsp3) is 0.500. The van der Waals surface area contributed by atoms with E-state index in [0.717, 1.165) is 30.2 Å². The molecule has 84 valence electrons. The van der Waals surface area contributed by atoms with Crippen LogP contribution in [0.2, 0.25) is 5.02 Å². The molecule has 0 heterocycles. The van der Waals surface area contributed by atoms with Gasteiger partial charge in [0, 0.05) is 30.0 Å². The van der Waals surface area contributed by atoms with Gasteiger partial charge < -0.3 is 4.74 Å². The standard InChI is InChI=1S/C12H16Cl2O/c1-2-15-8-7-10(9-13)11-5-3-4-6-12(11)14/h3-6,10H,2,7-9H2,1H3. The van der Waals surface area contributed by atoms with Gasteiger partial charge in [-0.1, -0.05) is 29.8 Å². The Bertz CT molecular complexity index is 289. The Balaban J connectivity index is 2.61. The van der Waals surface area contributed by atoms with E-state index in [1.54, 1.807) is 0 Å². The average Bonchev–Trinajstić information content (AvgIpc) is 2.26. The predicted molar refractivity (Wildman–Crippen MR) is 66.0 cm³/mol. The molecule has 0 bridgehead atoms. The van der Waals surface area contributed by atoms with Crippen LogP contribution in [0.15, 0.2) is 24.3 Å². The smallest absolute Gasteiger partial charge is 0.0472 e. The second kappa shape index (κ2) is 7.10. The molecule has 0 N–H and O–H groups in total. The van der Waals surface area contributed by atoms with E-state index < -0.39 is 0 Å². The molecule has 15 heavy (non-hydrogen) atoms. The van der Waals surface area contributed by atoms with Gasteiger partial charge in [0.1, 0.15) is 0 Å². The summed E-state index contributed by atoms with van der Waals surface area (Å²) in [7, 11) is 0. The Kier molecular flexibility index (Phi) is 6.07. The van der Waals surface area contributed by atoms with Crippen molar-refractivity contribution in [3.63, 3.8) is 0 Å². The summed E-state index contributed by atoms with van der Waals surface area (Å²) in [6.45, 7) is 3.47. The molecule has 0 aliphatic rings. The van der Waals surface area contributed by atoms with Crippen molar-refractivity contribution >= 4 is 23.2 Å². The van der Waals surface area contributed by atoms with Crippen LogP contribution in [-0.4, -0.2) is 19.1 Å². The highest BCUT2D eigenvalue weighted by atomic mass is 35.5. The van der Waals surface area contributed by atoms with Crippen LogP contribution >= 0.6 is 23.2 Å². The largest absolute Gasteiger partial charge is 0.382 e. The number of benzene rings is 1. The zero-order valence-corrected chi connectivity index (χ0v) is 10.4. The summed E-state index contributed by atoms with van der Waals surface area (Å²) in [6.07, 6.45) is 0.918. The SMILES string of the molecule is CCOCCC(CCl)c1ccccc1Cl. The van der Waals surface area contributed by atoms with Gasteiger partial charge in [-0.2, -0.15) is 0 Å². The highest BCUT2D eigenvalue weighted by molar-refractivity contribution is 6.31. The van der Waals surface area contributed by atoms with Crippen molar-refractivity contribution in [2.75, 3.05) is 19.1 Å². The van der Waals surface area contributed by atoms with Crippen LogP contribution in [0.5, 0.6) is 0 Å². The third-order valence-electron chi connectivity index (χ3n) is 2.35. The van der Waals surface area contributed by atoms with Crippen molar-refractivity contribution in [2.24, 2.45) is 0 Å². The summed E-state index contributed by atoms with van der Waals surface area (Å²) in [5.74, 6) is 0.864. The van der Waals surface area contributed by atoms with Crippen molar-refractivity contribution in [1.29, 1.82) is 0 Å². The van der Waals surface area contributed by atoms with Crippen molar-refractivity contribution in [2.45, 2.75) is 19.3 Å². The number of halogens is 2. The van der Waals surface area contributed by atoms with Crippen LogP contribution in [-0.2, 0) is 4.74 Å². The zero-order chi connectivity index (χ0) is 11.1. The Morgan fingerprint density at radius 3 is 2.67 bits per heavy atom. The molecule has 1 aromatic rings. The Hall–Kier alpha value is -0.240. The lowest BCUT2D eigenvalue weighted by atomic mass is 9.98. The van der Waals surface area contributed by atoms with Gasteiger partial charge in [0.25, 0.3) is 0 Å². The minimum atomic E-state index is 0.284. The first kappa shape index (κ1) is 12.8. The van der Waals surface area contributed by atoms with Crippen molar-refractivity contribution < 1.29 is 4.74 Å². The quantitative estimate of drug-likeness (QED) is 0.543. The molecule has 1 rings (SSSR count). The minimum Gasteiger partial charge on any atom is -0.382 e. The normalized spacial score (nSPS) is 12.7. The molecule has 3 heteroatoms. The molecule has 1 unspecified atom stereocenters. The zero-order valence-electron chi connectivity index (χ0n) is 8.88. The molecule has 0 aliphatic heterocycles. The number of alkyl halides is 1. The highest BCUT2D eigenvalue weighted by Gasteiger charge is 2.12. The lowest BCUT2D eigenvalue weighted by Gasteiger charge is -2.15. The van der Waals surface area contributed by atoms with Gasteiger partial charge in [0.15, 0.2) is 0 Å². The van der Waals surface area contributed by atoms with E-state index in [1.807, 2.05) is 31.2 Å². The molecule has 1 aromatic carbocycles. The van der Waals surface area contributed by atoms with Crippen LogP contribution < -0.4 is 0 Å². The topological polar surface area (TPSA) is 9.23 Å². The fourth-order valence-corrected chi connectivity index (χ4v) is 2.10. The molecule has 0 saturated carbocycles. The van der Waals surface area contributed by atoms with Gasteiger partial charge in [-0.05, 0) is 25.0 Å². The fourth-order valence-electron chi connectivity index (χ4n) is 1.49. The summed E-state index contributed by atoms with van der Waals surface area (Å²) in [4.78, 5) is 0. The molecule has 1 atom stereocenters. The first-order valence-corrected chi connectivity index (χ1v) is 6.09. The van der Waals surface area contributed by atoms with Gasteiger partial charge >= 0.3 is 0 Å². The Morgan fingerprint density at radius 2 is 2.07 bits per heavy atom. The molecular formula is C12H16Cl2O. The molecule has 1 nitrogen and oxygen atoms in total. The van der Waals surface area contributed by atoms with E-state index in [2.05, 4.69) is 0 Å². The van der Waals surface area contributed by atoms with E-state index in [4.69, 9.17) is 27.9 Å². The van der Waals surface area contributed by atoms with Crippen LogP contribution in [0.25, 0.3) is 0 Å². The second-order valence-corrected chi connectivity index (χ2v) is 4.07. The molecule has 0 saturated heterocycles. The van der Waals surface area contributed by atoms with Gasteiger partial charge in [0.2, 0.25) is 0 Å². The first-order chi connectivity index (χ1) is 7.29. The lowest BCUT2D eigenvalue weighted by Crippen LogP contribution is -2.06. The molecule has 0 aromatic heterocycles. The molecule has 0 spiro atoms. The minimum absolute atomic E-state index is 0.284. The first-order valence-electron chi connectivity index (χ1n) is 5.17. The monoisotopic (exact) mass is 246 g/mol. The van der Waals surface area contributed by atoms with Crippen LogP contribution in [0, 0.1) is 0 Å². The van der Waals surface area contributed by atoms with Gasteiger partial charge in [-0.3, -0.25) is 0 Å². The molecular weight excluding hydrogens is 231 g/mol. The third kappa shape index (κ3) is 4.02. The maximum absolute atomic E-state index is 6.11. The Morgan fingerprint density at radius 1 is 1.33 bits per heavy atom. The van der Waals surface area contributed by atoms with Gasteiger partial charge in [-0.25, -0.2) is 0 Å². The summed E-state index contributed by atoms with van der Waals surface area (Å²) in [5, 5.41) is 0.791. The molecule has 0 fully saturated rings. The van der Waals surface area contributed by atoms with Crippen molar-refractivity contribution in [3.8, 4) is 0 Å². The van der Waals surface area contributed by atoms with Crippen LogP contribution in [0.1, 0.15) is 24.8 Å². The summed E-state index contributed by atoms with van der Waals surface area (Å²) in [5.41, 5.74) is 1.12. The predicted octanol–water partition coefficient (Wildman–Crippen LogP) is 4.09. The van der Waals surface area contributed by atoms with Crippen molar-refractivity contribution in [3.05, 3.63) is 34.9 Å². The van der Waals surface area contributed by atoms with E-state index >= 15 is 0 Å². The number of ether oxygens (including phenoxy) is 1. The maximum Gasteiger partial charge on any atom is 0.0472 e.